The predicted octanol–water partition coefficient (Wildman–Crippen LogP) is 1.56. The Kier molecular flexibility index (Phi) is 1.21. The number of nitrogens with zero attached hydrogens (tertiary/aromatic N) is 1. The first-order chi connectivity index (χ1) is 3.72. The van der Waals surface area contributed by atoms with Crippen molar-refractivity contribution in [2.45, 2.75) is 0 Å². The Balaban J connectivity index is 3.19. The quantitative estimate of drug-likeness (QED) is 0.531. The van der Waals surface area contributed by atoms with E-state index in [1.807, 2.05) is 0 Å². The Morgan fingerprint density at radius 3 is 2.00 bits per heavy atom. The summed E-state index contributed by atoms with van der Waals surface area (Å²) < 4.78 is 37.7. The number of aromatic nitrogens is 1. The molecule has 0 bridgehead atoms. The first kappa shape index (κ1) is 5.55. The van der Waals surface area contributed by atoms with E-state index in [0.29, 0.717) is 0 Å². The molecule has 0 N–H and O–H groups in total. The van der Waals surface area contributed by atoms with E-state index in [-0.39, 0.29) is 11.5 Å². The van der Waals surface area contributed by atoms with Crippen LogP contribution in [-0.4, -0.2) is 4.37 Å². The van der Waals surface area contributed by atoms with E-state index in [0.717, 1.165) is 0 Å². The van der Waals surface area contributed by atoms with Crippen molar-refractivity contribution in [2.24, 2.45) is 0 Å². The van der Waals surface area contributed by atoms with Crippen LogP contribution in [0.5, 0.6) is 0 Å². The summed E-state index contributed by atoms with van der Waals surface area (Å²) >= 11 is 0.164. The highest BCUT2D eigenvalue weighted by Crippen LogP contribution is 2.11. The molecule has 1 aromatic heterocycles. The molecular formula is C3F3NS. The molecule has 0 unspecified atom stereocenters. The molecule has 0 aliphatic rings. The van der Waals surface area contributed by atoms with Gasteiger partial charge in [0, 0.05) is 11.5 Å². The molecule has 0 saturated heterocycles. The van der Waals surface area contributed by atoms with Gasteiger partial charge in [-0.1, -0.05) is 0 Å². The molecule has 0 radical (unpaired) electrons. The monoisotopic (exact) mass is 139 g/mol. The van der Waals surface area contributed by atoms with E-state index in [2.05, 4.69) is 4.37 Å². The molecule has 0 spiro atoms. The molecule has 1 rings (SSSR count). The van der Waals surface area contributed by atoms with Crippen LogP contribution in [-0.2, 0) is 0 Å². The van der Waals surface area contributed by atoms with Gasteiger partial charge in [0.15, 0.2) is 0 Å². The van der Waals surface area contributed by atoms with Crippen LogP contribution in [0, 0.1) is 16.9 Å². The minimum Gasteiger partial charge on any atom is -0.198 e. The SMILES string of the molecule is Fc1nsc(F)c1F. The molecular weight excluding hydrogens is 139 g/mol. The van der Waals surface area contributed by atoms with Gasteiger partial charge in [-0.25, -0.2) is 0 Å². The van der Waals surface area contributed by atoms with Gasteiger partial charge in [-0.15, -0.1) is 0 Å². The highest BCUT2D eigenvalue weighted by molar-refractivity contribution is 7.03. The highest BCUT2D eigenvalue weighted by Gasteiger charge is 2.11. The van der Waals surface area contributed by atoms with Crippen molar-refractivity contribution < 1.29 is 13.2 Å². The molecule has 0 aliphatic heterocycles. The van der Waals surface area contributed by atoms with Gasteiger partial charge < -0.3 is 0 Å². The van der Waals surface area contributed by atoms with Gasteiger partial charge in [0.05, 0.1) is 0 Å². The first-order valence-electron chi connectivity index (χ1n) is 1.68. The second-order valence-electron chi connectivity index (χ2n) is 1.06. The van der Waals surface area contributed by atoms with Crippen molar-refractivity contribution in [3.05, 3.63) is 16.9 Å². The molecule has 1 nitrogen and oxygen atoms in total. The van der Waals surface area contributed by atoms with Crippen molar-refractivity contribution >= 4 is 11.5 Å². The second kappa shape index (κ2) is 1.74. The average Bonchev–Trinajstić information content (AvgIpc) is 1.98. The Bertz CT molecular complexity index is 177. The lowest BCUT2D eigenvalue weighted by Crippen LogP contribution is -1.76. The van der Waals surface area contributed by atoms with E-state index in [1.54, 1.807) is 0 Å². The summed E-state index contributed by atoms with van der Waals surface area (Å²) in [7, 11) is 0. The molecule has 0 atom stereocenters. The minimum atomic E-state index is -1.49. The molecule has 44 valence electrons. The normalized spacial score (nSPS) is 9.88. The number of hydrogen-bond donors (Lipinski definition) is 0. The van der Waals surface area contributed by atoms with Gasteiger partial charge in [-0.3, -0.25) is 0 Å². The molecule has 0 aromatic carbocycles. The van der Waals surface area contributed by atoms with Crippen LogP contribution in [0.25, 0.3) is 0 Å². The van der Waals surface area contributed by atoms with Gasteiger partial charge in [-0.2, -0.15) is 17.5 Å². The fraction of sp³-hybridized carbons (Fsp3) is 0. The Hall–Kier alpha value is -0.580. The lowest BCUT2D eigenvalue weighted by molar-refractivity contribution is 0.454. The minimum absolute atomic E-state index is 0.164. The maximum Gasteiger partial charge on any atom is 0.263 e. The van der Waals surface area contributed by atoms with Gasteiger partial charge in [0.25, 0.3) is 5.95 Å². The van der Waals surface area contributed by atoms with Gasteiger partial charge in [0.2, 0.25) is 10.9 Å². The third-order valence-electron chi connectivity index (χ3n) is 0.560. The van der Waals surface area contributed by atoms with Gasteiger partial charge in [-0.05, 0) is 0 Å². The molecule has 0 saturated carbocycles. The zero-order chi connectivity index (χ0) is 6.15. The van der Waals surface area contributed by atoms with E-state index in [4.69, 9.17) is 0 Å². The summed E-state index contributed by atoms with van der Waals surface area (Å²) in [6.07, 6.45) is 0. The molecule has 1 aromatic rings. The van der Waals surface area contributed by atoms with Crippen molar-refractivity contribution in [2.75, 3.05) is 0 Å². The number of hydrogen-bond acceptors (Lipinski definition) is 2. The Morgan fingerprint density at radius 2 is 1.88 bits per heavy atom. The van der Waals surface area contributed by atoms with Crippen LogP contribution in [0.15, 0.2) is 0 Å². The topological polar surface area (TPSA) is 12.9 Å². The van der Waals surface area contributed by atoms with Crippen LogP contribution < -0.4 is 0 Å². The van der Waals surface area contributed by atoms with Gasteiger partial charge >= 0.3 is 0 Å². The summed E-state index contributed by atoms with van der Waals surface area (Å²) in [5.41, 5.74) is 0. The standard InChI is InChI=1S/C3F3NS/c4-1-2(5)7-8-3(1)6. The van der Waals surface area contributed by atoms with Gasteiger partial charge in [0.1, 0.15) is 0 Å². The third kappa shape index (κ3) is 0.686. The predicted molar refractivity (Wildman–Crippen MR) is 22.0 cm³/mol. The van der Waals surface area contributed by atoms with E-state index >= 15 is 0 Å². The third-order valence-corrected chi connectivity index (χ3v) is 1.15. The largest absolute Gasteiger partial charge is 0.263 e. The lowest BCUT2D eigenvalue weighted by Gasteiger charge is -1.72. The summed E-state index contributed by atoms with van der Waals surface area (Å²) in [4.78, 5) is 0. The van der Waals surface area contributed by atoms with Crippen LogP contribution in [0.2, 0.25) is 0 Å². The van der Waals surface area contributed by atoms with E-state index in [9.17, 15) is 13.2 Å². The molecule has 0 fully saturated rings. The number of rotatable bonds is 0. The fourth-order valence-corrected chi connectivity index (χ4v) is 0.646. The lowest BCUT2D eigenvalue weighted by atomic mass is 10.7. The summed E-state index contributed by atoms with van der Waals surface area (Å²) in [6, 6.07) is 0. The Labute approximate surface area is 46.9 Å². The smallest absolute Gasteiger partial charge is 0.198 e. The highest BCUT2D eigenvalue weighted by atomic mass is 32.1. The Morgan fingerprint density at radius 1 is 1.25 bits per heavy atom. The van der Waals surface area contributed by atoms with Crippen molar-refractivity contribution in [1.29, 1.82) is 0 Å². The summed E-state index contributed by atoms with van der Waals surface area (Å²) in [5.74, 6) is -2.86. The molecule has 5 heteroatoms. The zero-order valence-electron chi connectivity index (χ0n) is 3.49. The molecule has 1 heterocycles. The summed E-state index contributed by atoms with van der Waals surface area (Å²) in [5, 5.41) is -1.21. The van der Waals surface area contributed by atoms with E-state index < -0.39 is 16.9 Å². The van der Waals surface area contributed by atoms with Crippen LogP contribution in [0.1, 0.15) is 0 Å². The molecule has 8 heavy (non-hydrogen) atoms. The maximum absolute atomic E-state index is 11.7. The molecule has 0 aliphatic carbocycles. The van der Waals surface area contributed by atoms with Crippen LogP contribution in [0.4, 0.5) is 13.2 Å². The first-order valence-corrected chi connectivity index (χ1v) is 2.45. The van der Waals surface area contributed by atoms with Crippen LogP contribution >= 0.6 is 11.5 Å². The van der Waals surface area contributed by atoms with E-state index in [1.165, 1.54) is 0 Å². The second-order valence-corrected chi connectivity index (χ2v) is 1.78. The fourth-order valence-electron chi connectivity index (χ4n) is 0.241. The van der Waals surface area contributed by atoms with Crippen molar-refractivity contribution in [1.82, 2.24) is 4.37 Å². The zero-order valence-corrected chi connectivity index (χ0v) is 4.31. The number of halogens is 3. The summed E-state index contributed by atoms with van der Waals surface area (Å²) in [6.45, 7) is 0. The average molecular weight is 139 g/mol. The molecule has 0 amide bonds. The van der Waals surface area contributed by atoms with Crippen molar-refractivity contribution in [3.8, 4) is 0 Å². The van der Waals surface area contributed by atoms with Crippen molar-refractivity contribution in [3.63, 3.8) is 0 Å². The van der Waals surface area contributed by atoms with Crippen LogP contribution in [0.3, 0.4) is 0 Å². The maximum atomic E-state index is 11.7.